The van der Waals surface area contributed by atoms with E-state index in [1.54, 1.807) is 0 Å². The minimum atomic E-state index is -0.189. The van der Waals surface area contributed by atoms with Crippen LogP contribution in [0.4, 0.5) is 4.39 Å². The minimum absolute atomic E-state index is 0.189. The Hall–Kier alpha value is -1.68. The van der Waals surface area contributed by atoms with Crippen molar-refractivity contribution in [3.05, 3.63) is 53.4 Å². The number of halogens is 1. The topological polar surface area (TPSA) is 29.9 Å². The maximum Gasteiger partial charge on any atom is 0.123 e. The van der Waals surface area contributed by atoms with Crippen LogP contribution in [0.1, 0.15) is 29.4 Å². The standard InChI is InChI=1S/C15H18FN3/c1-11-8-18-15(13-6-7-17-9-13)19(11)10-12-2-4-14(16)5-3-12/h2-5,8,13,17H,6-7,9-10H2,1H3/t13-/m0/s1. The van der Waals surface area contributed by atoms with E-state index >= 15 is 0 Å². The lowest BCUT2D eigenvalue weighted by molar-refractivity contribution is 0.616. The van der Waals surface area contributed by atoms with Crippen LogP contribution in [0.15, 0.2) is 30.5 Å². The predicted molar refractivity (Wildman–Crippen MR) is 72.7 cm³/mol. The number of rotatable bonds is 3. The van der Waals surface area contributed by atoms with Gasteiger partial charge in [0, 0.05) is 30.9 Å². The van der Waals surface area contributed by atoms with Gasteiger partial charge < -0.3 is 9.88 Å². The summed E-state index contributed by atoms with van der Waals surface area (Å²) in [7, 11) is 0. The van der Waals surface area contributed by atoms with E-state index in [1.165, 1.54) is 12.1 Å². The van der Waals surface area contributed by atoms with Crippen molar-refractivity contribution in [2.45, 2.75) is 25.8 Å². The van der Waals surface area contributed by atoms with Crippen molar-refractivity contribution in [2.24, 2.45) is 0 Å². The van der Waals surface area contributed by atoms with Crippen LogP contribution in [0.25, 0.3) is 0 Å². The Morgan fingerprint density at radius 1 is 1.37 bits per heavy atom. The summed E-state index contributed by atoms with van der Waals surface area (Å²) in [5.41, 5.74) is 2.26. The molecule has 0 aliphatic carbocycles. The molecule has 19 heavy (non-hydrogen) atoms. The molecule has 1 N–H and O–H groups in total. The van der Waals surface area contributed by atoms with Crippen LogP contribution in [0.3, 0.4) is 0 Å². The van der Waals surface area contributed by atoms with Gasteiger partial charge in [-0.05, 0) is 37.6 Å². The third-order valence-electron chi connectivity index (χ3n) is 3.77. The van der Waals surface area contributed by atoms with E-state index in [2.05, 4.69) is 21.8 Å². The number of nitrogens with zero attached hydrogens (tertiary/aromatic N) is 2. The highest BCUT2D eigenvalue weighted by Gasteiger charge is 2.22. The number of aryl methyl sites for hydroxylation is 1. The maximum atomic E-state index is 12.9. The molecule has 0 bridgehead atoms. The number of hydrogen-bond acceptors (Lipinski definition) is 2. The van der Waals surface area contributed by atoms with Crippen LogP contribution in [-0.4, -0.2) is 22.6 Å². The number of aromatic nitrogens is 2. The van der Waals surface area contributed by atoms with E-state index in [4.69, 9.17) is 0 Å². The molecule has 0 spiro atoms. The first kappa shape index (κ1) is 12.4. The highest BCUT2D eigenvalue weighted by Crippen LogP contribution is 2.23. The van der Waals surface area contributed by atoms with E-state index in [9.17, 15) is 4.39 Å². The van der Waals surface area contributed by atoms with Crippen LogP contribution in [0.5, 0.6) is 0 Å². The third kappa shape index (κ3) is 2.54. The molecule has 1 fully saturated rings. The molecule has 100 valence electrons. The second kappa shape index (κ2) is 5.13. The van der Waals surface area contributed by atoms with Crippen LogP contribution in [-0.2, 0) is 6.54 Å². The molecule has 1 aromatic carbocycles. The Labute approximate surface area is 112 Å². The molecule has 3 nitrogen and oxygen atoms in total. The van der Waals surface area contributed by atoms with Gasteiger partial charge in [-0.25, -0.2) is 9.37 Å². The lowest BCUT2D eigenvalue weighted by Gasteiger charge is -2.14. The number of imidazole rings is 1. The first-order chi connectivity index (χ1) is 9.24. The number of hydrogen-bond donors (Lipinski definition) is 1. The Kier molecular flexibility index (Phi) is 3.34. The summed E-state index contributed by atoms with van der Waals surface area (Å²) in [6.07, 6.45) is 3.07. The summed E-state index contributed by atoms with van der Waals surface area (Å²) in [6, 6.07) is 6.70. The molecular formula is C15H18FN3. The zero-order chi connectivity index (χ0) is 13.2. The van der Waals surface area contributed by atoms with Gasteiger partial charge in [0.2, 0.25) is 0 Å². The fourth-order valence-electron chi connectivity index (χ4n) is 2.66. The molecule has 0 radical (unpaired) electrons. The zero-order valence-corrected chi connectivity index (χ0v) is 11.1. The van der Waals surface area contributed by atoms with E-state index in [0.717, 1.165) is 43.1 Å². The monoisotopic (exact) mass is 259 g/mol. The smallest absolute Gasteiger partial charge is 0.123 e. The van der Waals surface area contributed by atoms with Gasteiger partial charge in [0.15, 0.2) is 0 Å². The minimum Gasteiger partial charge on any atom is -0.328 e. The van der Waals surface area contributed by atoms with Crippen molar-refractivity contribution < 1.29 is 4.39 Å². The summed E-state index contributed by atoms with van der Waals surface area (Å²) >= 11 is 0. The van der Waals surface area contributed by atoms with Crippen molar-refractivity contribution in [3.8, 4) is 0 Å². The molecule has 0 unspecified atom stereocenters. The average molecular weight is 259 g/mol. The van der Waals surface area contributed by atoms with E-state index in [0.29, 0.717) is 5.92 Å². The number of nitrogens with one attached hydrogen (secondary N) is 1. The van der Waals surface area contributed by atoms with Gasteiger partial charge in [0.1, 0.15) is 11.6 Å². The van der Waals surface area contributed by atoms with Crippen LogP contribution in [0, 0.1) is 12.7 Å². The Bertz CT molecular complexity index is 553. The molecule has 1 aromatic heterocycles. The molecule has 2 heterocycles. The molecule has 3 rings (SSSR count). The fourth-order valence-corrected chi connectivity index (χ4v) is 2.66. The highest BCUT2D eigenvalue weighted by molar-refractivity contribution is 5.19. The SMILES string of the molecule is Cc1cnc([C@H]2CCNC2)n1Cc1ccc(F)cc1. The molecule has 1 aliphatic heterocycles. The Morgan fingerprint density at radius 2 is 2.16 bits per heavy atom. The largest absolute Gasteiger partial charge is 0.328 e. The summed E-state index contributed by atoms with van der Waals surface area (Å²) in [5, 5.41) is 3.38. The van der Waals surface area contributed by atoms with Gasteiger partial charge >= 0.3 is 0 Å². The predicted octanol–water partition coefficient (Wildman–Crippen LogP) is 2.46. The average Bonchev–Trinajstić information content (AvgIpc) is 3.03. The first-order valence-electron chi connectivity index (χ1n) is 6.71. The van der Waals surface area contributed by atoms with Gasteiger partial charge in [-0.2, -0.15) is 0 Å². The second-order valence-corrected chi connectivity index (χ2v) is 5.16. The van der Waals surface area contributed by atoms with Crippen molar-refractivity contribution >= 4 is 0 Å². The summed E-state index contributed by atoms with van der Waals surface area (Å²) in [4.78, 5) is 4.56. The molecule has 1 saturated heterocycles. The molecule has 1 aliphatic rings. The van der Waals surface area contributed by atoms with E-state index in [1.807, 2.05) is 18.3 Å². The lowest BCUT2D eigenvalue weighted by atomic mass is 10.1. The van der Waals surface area contributed by atoms with Gasteiger partial charge in [0.05, 0.1) is 0 Å². The summed E-state index contributed by atoms with van der Waals surface area (Å²) < 4.78 is 15.2. The maximum absolute atomic E-state index is 12.9. The van der Waals surface area contributed by atoms with Crippen LogP contribution >= 0.6 is 0 Å². The zero-order valence-electron chi connectivity index (χ0n) is 11.1. The summed E-state index contributed by atoms with van der Waals surface area (Å²) in [6.45, 7) is 4.90. The number of benzene rings is 1. The molecule has 2 aromatic rings. The fraction of sp³-hybridized carbons (Fsp3) is 0.400. The van der Waals surface area contributed by atoms with E-state index in [-0.39, 0.29) is 5.82 Å². The van der Waals surface area contributed by atoms with Crippen molar-refractivity contribution in [1.29, 1.82) is 0 Å². The van der Waals surface area contributed by atoms with Gasteiger partial charge in [0.25, 0.3) is 0 Å². The van der Waals surface area contributed by atoms with Crippen molar-refractivity contribution in [1.82, 2.24) is 14.9 Å². The molecule has 4 heteroatoms. The highest BCUT2D eigenvalue weighted by atomic mass is 19.1. The molecule has 0 amide bonds. The Morgan fingerprint density at radius 3 is 2.84 bits per heavy atom. The first-order valence-corrected chi connectivity index (χ1v) is 6.71. The lowest BCUT2D eigenvalue weighted by Crippen LogP contribution is -2.14. The van der Waals surface area contributed by atoms with Gasteiger partial charge in [-0.3, -0.25) is 0 Å². The van der Waals surface area contributed by atoms with Gasteiger partial charge in [-0.15, -0.1) is 0 Å². The van der Waals surface area contributed by atoms with Gasteiger partial charge in [-0.1, -0.05) is 12.1 Å². The summed E-state index contributed by atoms with van der Waals surface area (Å²) in [5.74, 6) is 1.45. The molecule has 0 saturated carbocycles. The molecular weight excluding hydrogens is 241 g/mol. The quantitative estimate of drug-likeness (QED) is 0.917. The molecule has 1 atom stereocenters. The van der Waals surface area contributed by atoms with Crippen LogP contribution in [0.2, 0.25) is 0 Å². The van der Waals surface area contributed by atoms with Crippen molar-refractivity contribution in [2.75, 3.05) is 13.1 Å². The second-order valence-electron chi connectivity index (χ2n) is 5.16. The third-order valence-corrected chi connectivity index (χ3v) is 3.77. The normalized spacial score (nSPS) is 18.9. The Balaban J connectivity index is 1.87. The van der Waals surface area contributed by atoms with E-state index < -0.39 is 0 Å². The van der Waals surface area contributed by atoms with Crippen LogP contribution < -0.4 is 5.32 Å². The van der Waals surface area contributed by atoms with Crippen molar-refractivity contribution in [3.63, 3.8) is 0 Å².